The summed E-state index contributed by atoms with van der Waals surface area (Å²) in [6, 6.07) is 0. The van der Waals surface area contributed by atoms with Crippen LogP contribution < -0.4 is 0 Å². The summed E-state index contributed by atoms with van der Waals surface area (Å²) >= 11 is 0. The number of alkyl halides is 3. The molecular weight excluding hydrogens is 201 g/mol. The fraction of sp³-hybridized carbons (Fsp3) is 0.625. The predicted molar refractivity (Wildman–Crippen MR) is 40.5 cm³/mol. The van der Waals surface area contributed by atoms with Gasteiger partial charge >= 0.3 is 6.11 Å². The molecule has 3 atom stereocenters. The normalized spacial score (nSPS) is 31.7. The summed E-state index contributed by atoms with van der Waals surface area (Å²) in [6.07, 6.45) is -8.08. The van der Waals surface area contributed by atoms with E-state index in [1.807, 2.05) is 0 Å². The molecule has 1 heterocycles. The number of ether oxygens (including phenoxy) is 2. The second-order valence-electron chi connectivity index (χ2n) is 2.84. The van der Waals surface area contributed by atoms with Gasteiger partial charge in [-0.2, -0.15) is 8.78 Å². The van der Waals surface area contributed by atoms with Crippen molar-refractivity contribution in [3.63, 3.8) is 0 Å². The molecule has 0 aliphatic carbocycles. The maximum absolute atomic E-state index is 12.5. The van der Waals surface area contributed by atoms with Crippen LogP contribution in [-0.2, 0) is 14.3 Å². The van der Waals surface area contributed by atoms with Crippen LogP contribution in [-0.4, -0.2) is 30.5 Å². The molecule has 0 saturated carbocycles. The molecule has 3 nitrogen and oxygen atoms in total. The van der Waals surface area contributed by atoms with Crippen LogP contribution in [0.2, 0.25) is 0 Å². The Morgan fingerprint density at radius 1 is 1.71 bits per heavy atom. The first-order valence-corrected chi connectivity index (χ1v) is 3.90. The van der Waals surface area contributed by atoms with E-state index in [0.29, 0.717) is 0 Å². The van der Waals surface area contributed by atoms with E-state index in [9.17, 15) is 18.0 Å². The molecule has 0 radical (unpaired) electrons. The van der Waals surface area contributed by atoms with Gasteiger partial charge in [0.15, 0.2) is 5.78 Å². The first-order valence-electron chi connectivity index (χ1n) is 3.90. The quantitative estimate of drug-likeness (QED) is 0.658. The molecule has 1 aliphatic rings. The van der Waals surface area contributed by atoms with Crippen molar-refractivity contribution in [1.82, 2.24) is 0 Å². The Morgan fingerprint density at radius 2 is 2.29 bits per heavy atom. The number of carbonyl (C=O) groups is 1. The zero-order chi connectivity index (χ0) is 10.9. The molecule has 0 aromatic heterocycles. The van der Waals surface area contributed by atoms with Crippen molar-refractivity contribution in [1.29, 1.82) is 0 Å². The molecule has 1 aliphatic heterocycles. The van der Waals surface area contributed by atoms with Crippen molar-refractivity contribution in [2.24, 2.45) is 0 Å². The second-order valence-corrected chi connectivity index (χ2v) is 2.84. The smallest absolute Gasteiger partial charge is 0.352 e. The molecule has 0 spiro atoms. The van der Waals surface area contributed by atoms with E-state index >= 15 is 0 Å². The van der Waals surface area contributed by atoms with E-state index in [0.717, 1.165) is 6.08 Å². The second kappa shape index (κ2) is 3.70. The zero-order valence-corrected chi connectivity index (χ0v) is 7.38. The third kappa shape index (κ3) is 1.96. The molecular formula is C8H9F3O3. The lowest BCUT2D eigenvalue weighted by Crippen LogP contribution is -2.59. The Labute approximate surface area is 78.5 Å². The predicted octanol–water partition coefficient (Wildman–Crippen LogP) is 1.43. The number of carbonyl (C=O) groups excluding carboxylic acids is 1. The molecule has 14 heavy (non-hydrogen) atoms. The van der Waals surface area contributed by atoms with Gasteiger partial charge in [-0.25, -0.2) is 4.39 Å². The highest BCUT2D eigenvalue weighted by Crippen LogP contribution is 2.39. The average molecular weight is 210 g/mol. The topological polar surface area (TPSA) is 35.5 Å². The maximum Gasteiger partial charge on any atom is 0.389 e. The summed E-state index contributed by atoms with van der Waals surface area (Å²) in [5.74, 6) is -0.583. The van der Waals surface area contributed by atoms with Crippen LogP contribution in [0.4, 0.5) is 13.2 Å². The average Bonchev–Trinajstić information content (AvgIpc) is 2.11. The largest absolute Gasteiger partial charge is 0.389 e. The molecule has 1 fully saturated rings. The minimum absolute atomic E-state index is 0.583. The highest BCUT2D eigenvalue weighted by molar-refractivity contribution is 5.92. The fourth-order valence-corrected chi connectivity index (χ4v) is 0.953. The van der Waals surface area contributed by atoms with Crippen LogP contribution in [0.15, 0.2) is 12.7 Å². The van der Waals surface area contributed by atoms with Crippen LogP contribution >= 0.6 is 0 Å². The van der Waals surface area contributed by atoms with Crippen molar-refractivity contribution in [2.75, 3.05) is 0 Å². The summed E-state index contributed by atoms with van der Waals surface area (Å²) in [4.78, 5) is 10.9. The van der Waals surface area contributed by atoms with E-state index in [1.54, 1.807) is 0 Å². The van der Waals surface area contributed by atoms with E-state index in [1.165, 1.54) is 6.92 Å². The first-order chi connectivity index (χ1) is 6.38. The minimum atomic E-state index is -3.66. The Kier molecular flexibility index (Phi) is 2.96. The summed E-state index contributed by atoms with van der Waals surface area (Å²) in [5.41, 5.74) is 0. The fourth-order valence-electron chi connectivity index (χ4n) is 0.953. The Balaban J connectivity index is 2.52. The van der Waals surface area contributed by atoms with Crippen molar-refractivity contribution in [3.05, 3.63) is 12.7 Å². The monoisotopic (exact) mass is 210 g/mol. The lowest BCUT2D eigenvalue weighted by atomic mass is 10.2. The molecule has 0 N–H and O–H groups in total. The molecule has 0 aromatic rings. The highest BCUT2D eigenvalue weighted by atomic mass is 19.3. The van der Waals surface area contributed by atoms with E-state index in [-0.39, 0.29) is 0 Å². The highest BCUT2D eigenvalue weighted by Gasteiger charge is 2.61. The summed E-state index contributed by atoms with van der Waals surface area (Å²) in [5, 5.41) is 0. The van der Waals surface area contributed by atoms with Crippen LogP contribution in [0.1, 0.15) is 6.92 Å². The molecule has 80 valence electrons. The van der Waals surface area contributed by atoms with Gasteiger partial charge in [0.1, 0.15) is 6.10 Å². The van der Waals surface area contributed by atoms with Crippen molar-refractivity contribution in [2.45, 2.75) is 31.6 Å². The third-order valence-corrected chi connectivity index (χ3v) is 1.79. The molecule has 6 heteroatoms. The van der Waals surface area contributed by atoms with Crippen LogP contribution in [0.5, 0.6) is 0 Å². The lowest BCUT2D eigenvalue weighted by Gasteiger charge is -2.39. The minimum Gasteiger partial charge on any atom is -0.352 e. The van der Waals surface area contributed by atoms with Gasteiger partial charge in [-0.3, -0.25) is 9.53 Å². The van der Waals surface area contributed by atoms with Crippen molar-refractivity contribution < 1.29 is 27.4 Å². The molecule has 0 bridgehead atoms. The van der Waals surface area contributed by atoms with E-state index in [2.05, 4.69) is 16.1 Å². The maximum atomic E-state index is 12.5. The van der Waals surface area contributed by atoms with Gasteiger partial charge in [-0.1, -0.05) is 6.58 Å². The number of halogens is 3. The van der Waals surface area contributed by atoms with E-state index < -0.39 is 30.5 Å². The lowest BCUT2D eigenvalue weighted by molar-refractivity contribution is -0.447. The van der Waals surface area contributed by atoms with Gasteiger partial charge in [0.2, 0.25) is 12.5 Å². The number of rotatable bonds is 4. The standard InChI is InChI=1S/C8H9F3O3/c1-3-5(12)4(2)13-6-7(9)14-8(6,10)11/h3-4,6-7H,1H2,2H3. The van der Waals surface area contributed by atoms with Gasteiger partial charge in [0.05, 0.1) is 0 Å². The Bertz CT molecular complexity index is 254. The van der Waals surface area contributed by atoms with Gasteiger partial charge in [0, 0.05) is 0 Å². The van der Waals surface area contributed by atoms with Crippen LogP contribution in [0.3, 0.4) is 0 Å². The van der Waals surface area contributed by atoms with Gasteiger partial charge in [-0.05, 0) is 13.0 Å². The van der Waals surface area contributed by atoms with Gasteiger partial charge in [-0.15, -0.1) is 0 Å². The zero-order valence-electron chi connectivity index (χ0n) is 7.38. The van der Waals surface area contributed by atoms with Crippen LogP contribution in [0.25, 0.3) is 0 Å². The van der Waals surface area contributed by atoms with Crippen LogP contribution in [0, 0.1) is 0 Å². The summed E-state index contributed by atoms with van der Waals surface area (Å²) < 4.78 is 45.3. The molecule has 0 amide bonds. The Hall–Kier alpha value is -0.880. The Morgan fingerprint density at radius 3 is 2.64 bits per heavy atom. The van der Waals surface area contributed by atoms with Gasteiger partial charge < -0.3 is 4.74 Å². The molecule has 1 saturated heterocycles. The number of hydrogen-bond acceptors (Lipinski definition) is 3. The van der Waals surface area contributed by atoms with Gasteiger partial charge in [0.25, 0.3) is 0 Å². The number of ketones is 1. The van der Waals surface area contributed by atoms with Crippen molar-refractivity contribution in [3.8, 4) is 0 Å². The molecule has 3 unspecified atom stereocenters. The summed E-state index contributed by atoms with van der Waals surface area (Å²) in [7, 11) is 0. The first kappa shape index (κ1) is 11.2. The summed E-state index contributed by atoms with van der Waals surface area (Å²) in [6.45, 7) is 4.39. The third-order valence-electron chi connectivity index (χ3n) is 1.79. The molecule has 0 aromatic carbocycles. The van der Waals surface area contributed by atoms with Crippen molar-refractivity contribution >= 4 is 5.78 Å². The SMILES string of the molecule is C=CC(=O)C(C)OC1C(F)OC1(F)F. The number of hydrogen-bond donors (Lipinski definition) is 0. The van der Waals surface area contributed by atoms with E-state index in [4.69, 9.17) is 0 Å². The molecule has 1 rings (SSSR count).